The van der Waals surface area contributed by atoms with Crippen molar-refractivity contribution in [3.05, 3.63) is 22.9 Å². The zero-order valence-corrected chi connectivity index (χ0v) is 15.8. The molecular formula is C20H27N3O3. The number of methoxy groups -OCH3 is 1. The Labute approximate surface area is 154 Å². The maximum atomic E-state index is 12.8. The van der Waals surface area contributed by atoms with E-state index in [-0.39, 0.29) is 23.1 Å². The molecule has 1 aliphatic heterocycles. The number of hydrogen-bond acceptors (Lipinski definition) is 4. The topological polar surface area (TPSA) is 71.5 Å². The fourth-order valence-corrected chi connectivity index (χ4v) is 4.30. The van der Waals surface area contributed by atoms with Crippen LogP contribution in [0, 0.1) is 11.3 Å². The number of ether oxygens (including phenoxy) is 1. The predicted molar refractivity (Wildman–Crippen MR) is 96.7 cm³/mol. The summed E-state index contributed by atoms with van der Waals surface area (Å²) >= 11 is 0. The molecule has 0 aromatic carbocycles. The summed E-state index contributed by atoms with van der Waals surface area (Å²) in [5, 5.41) is 2.98. The molecule has 140 valence electrons. The van der Waals surface area contributed by atoms with Crippen molar-refractivity contribution in [2.45, 2.75) is 65.1 Å². The van der Waals surface area contributed by atoms with Gasteiger partial charge in [0, 0.05) is 24.1 Å². The van der Waals surface area contributed by atoms with E-state index in [4.69, 9.17) is 4.74 Å². The Bertz CT molecular complexity index is 753. The van der Waals surface area contributed by atoms with Crippen molar-refractivity contribution in [3.8, 4) is 5.88 Å². The van der Waals surface area contributed by atoms with Crippen molar-refractivity contribution < 1.29 is 14.3 Å². The lowest BCUT2D eigenvalue weighted by molar-refractivity contribution is -0.123. The van der Waals surface area contributed by atoms with Gasteiger partial charge in [0.05, 0.1) is 24.9 Å². The number of fused-ring (bicyclic) bond motifs is 1. The highest BCUT2D eigenvalue weighted by Gasteiger charge is 2.50. The van der Waals surface area contributed by atoms with Crippen molar-refractivity contribution in [1.82, 2.24) is 15.2 Å². The van der Waals surface area contributed by atoms with Crippen molar-refractivity contribution in [3.63, 3.8) is 0 Å². The van der Waals surface area contributed by atoms with Gasteiger partial charge in [-0.25, -0.2) is 4.98 Å². The number of aromatic nitrogens is 1. The zero-order chi connectivity index (χ0) is 18.5. The molecule has 3 aliphatic rings. The van der Waals surface area contributed by atoms with Gasteiger partial charge in [0.2, 0.25) is 11.8 Å². The van der Waals surface area contributed by atoms with E-state index in [0.29, 0.717) is 30.6 Å². The third-order valence-electron chi connectivity index (χ3n) is 6.19. The lowest BCUT2D eigenvalue weighted by atomic mass is 10.1. The van der Waals surface area contributed by atoms with Crippen LogP contribution >= 0.6 is 0 Å². The van der Waals surface area contributed by atoms with Crippen molar-refractivity contribution >= 4 is 11.8 Å². The molecule has 0 spiro atoms. The highest BCUT2D eigenvalue weighted by molar-refractivity contribution is 5.98. The first-order valence-electron chi connectivity index (χ1n) is 9.56. The summed E-state index contributed by atoms with van der Waals surface area (Å²) < 4.78 is 5.42. The number of carbonyl (C=O) groups is 2. The van der Waals surface area contributed by atoms with E-state index in [0.717, 1.165) is 30.5 Å². The molecule has 1 unspecified atom stereocenters. The van der Waals surface area contributed by atoms with Crippen LogP contribution in [0.3, 0.4) is 0 Å². The quantitative estimate of drug-likeness (QED) is 0.879. The summed E-state index contributed by atoms with van der Waals surface area (Å²) in [4.78, 5) is 31.6. The molecule has 0 saturated heterocycles. The van der Waals surface area contributed by atoms with Crippen LogP contribution in [0.25, 0.3) is 0 Å². The van der Waals surface area contributed by atoms with Crippen LogP contribution in [0.5, 0.6) is 5.88 Å². The third-order valence-corrected chi connectivity index (χ3v) is 6.19. The largest absolute Gasteiger partial charge is 0.481 e. The van der Waals surface area contributed by atoms with Crippen LogP contribution in [0.1, 0.15) is 67.6 Å². The number of rotatable bonds is 5. The molecule has 2 heterocycles. The van der Waals surface area contributed by atoms with E-state index in [9.17, 15) is 9.59 Å². The lowest BCUT2D eigenvalue weighted by Gasteiger charge is -2.22. The number of pyridine rings is 1. The zero-order valence-electron chi connectivity index (χ0n) is 15.8. The van der Waals surface area contributed by atoms with Crippen molar-refractivity contribution in [2.75, 3.05) is 7.11 Å². The molecule has 2 fully saturated rings. The van der Waals surface area contributed by atoms with Gasteiger partial charge in [0.25, 0.3) is 5.91 Å². The second kappa shape index (κ2) is 6.25. The van der Waals surface area contributed by atoms with E-state index < -0.39 is 0 Å². The molecule has 26 heavy (non-hydrogen) atoms. The SMILES string of the molecule is COc1nc2c(cc1CNC(=O)C1CC1(C)C)C(=O)N(C1CCCC1)C2. The maximum Gasteiger partial charge on any atom is 0.256 e. The lowest BCUT2D eigenvalue weighted by Crippen LogP contribution is -2.33. The Kier molecular flexibility index (Phi) is 4.16. The summed E-state index contributed by atoms with van der Waals surface area (Å²) in [5.74, 6) is 0.713. The van der Waals surface area contributed by atoms with Crippen molar-refractivity contribution in [1.29, 1.82) is 0 Å². The first-order valence-corrected chi connectivity index (χ1v) is 9.56. The number of carbonyl (C=O) groups excluding carboxylic acids is 2. The Morgan fingerprint density at radius 1 is 1.38 bits per heavy atom. The number of nitrogens with one attached hydrogen (secondary N) is 1. The van der Waals surface area contributed by atoms with E-state index in [1.807, 2.05) is 11.0 Å². The highest BCUT2D eigenvalue weighted by atomic mass is 16.5. The average molecular weight is 357 g/mol. The molecule has 6 heteroatoms. The summed E-state index contributed by atoms with van der Waals surface area (Å²) in [5.41, 5.74) is 2.31. The molecule has 0 radical (unpaired) electrons. The minimum Gasteiger partial charge on any atom is -0.481 e. The molecule has 2 saturated carbocycles. The predicted octanol–water partition coefficient (Wildman–Crippen LogP) is 2.65. The van der Waals surface area contributed by atoms with E-state index in [1.54, 1.807) is 7.11 Å². The Balaban J connectivity index is 1.50. The monoisotopic (exact) mass is 357 g/mol. The molecule has 1 atom stereocenters. The first kappa shape index (κ1) is 17.3. The fraction of sp³-hybridized carbons (Fsp3) is 0.650. The molecule has 0 bridgehead atoms. The highest BCUT2D eigenvalue weighted by Crippen LogP contribution is 2.51. The molecule has 6 nitrogen and oxygen atoms in total. The van der Waals surface area contributed by atoms with E-state index >= 15 is 0 Å². The number of amides is 2. The van der Waals surface area contributed by atoms with Gasteiger partial charge in [-0.15, -0.1) is 0 Å². The smallest absolute Gasteiger partial charge is 0.256 e. The average Bonchev–Trinajstić information content (AvgIpc) is 2.97. The van der Waals surface area contributed by atoms with Gasteiger partial charge in [-0.05, 0) is 30.7 Å². The minimum atomic E-state index is 0.0662. The molecule has 4 rings (SSSR count). The van der Waals surface area contributed by atoms with Gasteiger partial charge in [-0.2, -0.15) is 0 Å². The number of nitrogens with zero attached hydrogens (tertiary/aromatic N) is 2. The summed E-state index contributed by atoms with van der Waals surface area (Å²) in [6.45, 7) is 5.11. The van der Waals surface area contributed by atoms with Gasteiger partial charge >= 0.3 is 0 Å². The van der Waals surface area contributed by atoms with Gasteiger partial charge in [0.15, 0.2) is 0 Å². The van der Waals surface area contributed by atoms with Crippen LogP contribution in [0.15, 0.2) is 6.07 Å². The van der Waals surface area contributed by atoms with Gasteiger partial charge < -0.3 is 15.0 Å². The molecule has 2 aliphatic carbocycles. The minimum absolute atomic E-state index is 0.0662. The van der Waals surface area contributed by atoms with Crippen LogP contribution in [0.2, 0.25) is 0 Å². The first-order chi connectivity index (χ1) is 12.4. The van der Waals surface area contributed by atoms with Crippen LogP contribution in [-0.2, 0) is 17.9 Å². The molecular weight excluding hydrogens is 330 g/mol. The van der Waals surface area contributed by atoms with Gasteiger partial charge in [-0.3, -0.25) is 9.59 Å². The normalized spacial score (nSPS) is 23.9. The van der Waals surface area contributed by atoms with Crippen LogP contribution in [0.4, 0.5) is 0 Å². The summed E-state index contributed by atoms with van der Waals surface area (Å²) in [6, 6.07) is 2.19. The van der Waals surface area contributed by atoms with Crippen molar-refractivity contribution in [2.24, 2.45) is 11.3 Å². The van der Waals surface area contributed by atoms with E-state index in [1.165, 1.54) is 12.8 Å². The Hall–Kier alpha value is -2.11. The Morgan fingerprint density at radius 3 is 2.69 bits per heavy atom. The van der Waals surface area contributed by atoms with Gasteiger partial charge in [0.1, 0.15) is 0 Å². The molecule has 1 aromatic rings. The molecule has 2 amide bonds. The summed E-state index contributed by atoms with van der Waals surface area (Å²) in [7, 11) is 1.58. The standard InChI is InChI=1S/C20H27N3O3/c1-20(2)9-15(20)17(24)21-10-12-8-14-16(22-18(12)26-3)11-23(19(14)25)13-6-4-5-7-13/h8,13,15H,4-7,9-11H2,1-3H3,(H,21,24). The molecule has 1 aromatic heterocycles. The second-order valence-electron chi connectivity index (χ2n) is 8.49. The fourth-order valence-electron chi connectivity index (χ4n) is 4.30. The van der Waals surface area contributed by atoms with E-state index in [2.05, 4.69) is 24.1 Å². The van der Waals surface area contributed by atoms with Gasteiger partial charge in [-0.1, -0.05) is 26.7 Å². The Morgan fingerprint density at radius 2 is 2.08 bits per heavy atom. The summed E-state index contributed by atoms with van der Waals surface area (Å²) in [6.07, 6.45) is 5.47. The van der Waals surface area contributed by atoms with Crippen LogP contribution in [-0.4, -0.2) is 34.8 Å². The molecule has 1 N–H and O–H groups in total. The third kappa shape index (κ3) is 2.95. The second-order valence-corrected chi connectivity index (χ2v) is 8.49. The van der Waals surface area contributed by atoms with Crippen LogP contribution < -0.4 is 10.1 Å². The maximum absolute atomic E-state index is 12.8. The number of hydrogen-bond donors (Lipinski definition) is 1.